The van der Waals surface area contributed by atoms with Crippen LogP contribution in [0, 0.1) is 48.5 Å². The molecule has 5 aliphatic rings. The monoisotopic (exact) mass is 1680 g/mol. The van der Waals surface area contributed by atoms with Crippen molar-refractivity contribution in [3.63, 3.8) is 0 Å². The molecule has 2 amide bonds. The van der Waals surface area contributed by atoms with Crippen LogP contribution in [-0.2, 0) is 82.4 Å². The van der Waals surface area contributed by atoms with E-state index in [9.17, 15) is 57.1 Å². The number of ether oxygens (including phenoxy) is 3. The number of benzene rings is 1. The number of nitrogens with zero attached hydrogens (tertiary/aromatic N) is 15. The number of hydrogen-bond acceptors (Lipinski definition) is 25. The topological polar surface area (TPSA) is 438 Å². The van der Waals surface area contributed by atoms with Crippen molar-refractivity contribution >= 4 is 85.8 Å². The maximum atomic E-state index is 11.7. The summed E-state index contributed by atoms with van der Waals surface area (Å²) in [6, 6.07) is 39.1. The molecule has 0 aliphatic carbocycles. The summed E-state index contributed by atoms with van der Waals surface area (Å²) in [7, 11) is -4.18. The molecular formula is C82H96BBrN16O16S. The number of aromatic nitrogens is 12. The van der Waals surface area contributed by atoms with Gasteiger partial charge >= 0.3 is 31.0 Å². The van der Waals surface area contributed by atoms with Gasteiger partial charge in [-0.2, -0.15) is 28.8 Å². The number of esters is 3. The third-order valence-electron chi connectivity index (χ3n) is 18.0. The summed E-state index contributed by atoms with van der Waals surface area (Å²) in [6.07, 6.45) is 8.50. The molecular weight excluding hydrogens is 1590 g/mol. The van der Waals surface area contributed by atoms with E-state index in [1.165, 1.54) is 41.4 Å². The third kappa shape index (κ3) is 26.6. The lowest BCUT2D eigenvalue weighted by molar-refractivity contribution is -0.142. The van der Waals surface area contributed by atoms with Gasteiger partial charge < -0.3 is 29.4 Å². The summed E-state index contributed by atoms with van der Waals surface area (Å²) in [4.78, 5) is 104. The van der Waals surface area contributed by atoms with Crippen LogP contribution in [0.1, 0.15) is 165 Å². The van der Waals surface area contributed by atoms with E-state index >= 15 is 0 Å². The van der Waals surface area contributed by atoms with E-state index in [1.54, 1.807) is 80.1 Å². The molecule has 616 valence electrons. The molecule has 32 nitrogen and oxygen atoms in total. The van der Waals surface area contributed by atoms with Gasteiger partial charge in [0.1, 0.15) is 40.5 Å². The predicted octanol–water partition coefficient (Wildman–Crippen LogP) is 9.84. The zero-order valence-corrected chi connectivity index (χ0v) is 69.4. The number of carboxylic acid groups (broad SMARTS) is 1. The molecule has 117 heavy (non-hydrogen) atoms. The second kappa shape index (κ2) is 43.8. The van der Waals surface area contributed by atoms with Crippen LogP contribution in [0.15, 0.2) is 148 Å². The van der Waals surface area contributed by atoms with Gasteiger partial charge in [0.15, 0.2) is 5.78 Å². The zero-order valence-electron chi connectivity index (χ0n) is 67.0. The second-order valence-corrected chi connectivity index (χ2v) is 29.4. The van der Waals surface area contributed by atoms with Crippen molar-refractivity contribution in [2.45, 2.75) is 164 Å². The zero-order chi connectivity index (χ0) is 85.0. The van der Waals surface area contributed by atoms with Crippen molar-refractivity contribution in [3.05, 3.63) is 217 Å². The molecule has 10 aromatic rings. The number of rotatable bonds is 16. The molecule has 5 aliphatic heterocycles. The Labute approximate surface area is 687 Å². The summed E-state index contributed by atoms with van der Waals surface area (Å²) in [6.45, 7) is 21.1. The number of carboxylic acids is 1. The lowest BCUT2D eigenvalue weighted by Crippen LogP contribution is -2.33. The number of aryl methyl sites for hydroxylation is 10. The minimum atomic E-state index is -4.02. The van der Waals surface area contributed by atoms with Gasteiger partial charge in [-0.3, -0.25) is 72.5 Å². The lowest BCUT2D eigenvalue weighted by Gasteiger charge is -2.12. The van der Waals surface area contributed by atoms with Gasteiger partial charge in [-0.05, 0) is 215 Å². The Balaban J connectivity index is 0.000000169. The van der Waals surface area contributed by atoms with Crippen molar-refractivity contribution in [1.82, 2.24) is 69.3 Å². The number of amides is 2. The first-order valence-corrected chi connectivity index (χ1v) is 40.2. The Kier molecular flexibility index (Phi) is 34.0. The molecule has 2 fully saturated rings. The summed E-state index contributed by atoms with van der Waals surface area (Å²) in [5, 5.41) is 49.0. The van der Waals surface area contributed by atoms with Gasteiger partial charge in [-0.15, -0.1) is 0 Å². The van der Waals surface area contributed by atoms with Crippen LogP contribution in [0.4, 0.5) is 0 Å². The Morgan fingerprint density at radius 3 is 1.38 bits per heavy atom. The summed E-state index contributed by atoms with van der Waals surface area (Å²) < 4.78 is 50.5. The number of Topliss-reactive ketones (excluding diaryl/α,β-unsaturated/α-hetero) is 1. The van der Waals surface area contributed by atoms with Crippen LogP contribution < -0.4 is 11.3 Å². The van der Waals surface area contributed by atoms with E-state index in [2.05, 4.69) is 80.4 Å². The molecule has 0 saturated carbocycles. The number of carbonyl (C=O) groups is 7. The normalized spacial score (nSPS) is 13.4. The highest BCUT2D eigenvalue weighted by Crippen LogP contribution is 2.34. The van der Waals surface area contributed by atoms with Gasteiger partial charge in [-0.25, -0.2) is 25.4 Å². The Bertz CT molecular complexity index is 5310. The minimum absolute atomic E-state index is 0.00801. The van der Waals surface area contributed by atoms with E-state index in [4.69, 9.17) is 15.1 Å². The highest BCUT2D eigenvalue weighted by molar-refractivity contribution is 9.10. The van der Waals surface area contributed by atoms with Crippen LogP contribution in [0.5, 0.6) is 0 Å². The largest absolute Gasteiger partial charge is 0.492 e. The van der Waals surface area contributed by atoms with E-state index in [0.717, 1.165) is 138 Å². The van der Waals surface area contributed by atoms with Crippen LogP contribution in [0.25, 0.3) is 34.2 Å². The number of hydrazine groups is 1. The van der Waals surface area contributed by atoms with Gasteiger partial charge in [0.2, 0.25) is 11.8 Å². The van der Waals surface area contributed by atoms with Gasteiger partial charge in [0.25, 0.3) is 10.1 Å². The smallest absolute Gasteiger partial charge is 0.478 e. The summed E-state index contributed by atoms with van der Waals surface area (Å²) in [5.41, 5.74) is 16.0. The SMILES string of the molecule is CCOC(=O)CC(=NN1CCCC1=O)c1cccc(C)n1.CCOC(=O)CC(=O)c1cccc(C)n1.COC(=O)c1cccc(C)n1.Cc1ccc(S(=O)(=O)O)cc1.Cc1cccc(-c2nn3c(c2B(O)O)CCC3)n1.Cc1cccc(-c2nn3c(c2Br)CCC3)n1.Cc1cccc(-c2nn3c(c2C(=O)O)CCC3)n1.NN1CCCC1=O. The van der Waals surface area contributed by atoms with Crippen molar-refractivity contribution in [2.24, 2.45) is 10.9 Å². The number of carbonyl (C=O) groups excluding carboxylic acids is 6. The fourth-order valence-corrected chi connectivity index (χ4v) is 13.6. The van der Waals surface area contributed by atoms with Gasteiger partial charge in [0, 0.05) is 90.9 Å². The van der Waals surface area contributed by atoms with Gasteiger partial charge in [-0.1, -0.05) is 54.1 Å². The highest BCUT2D eigenvalue weighted by atomic mass is 79.9. The molecule has 14 heterocycles. The van der Waals surface area contributed by atoms with Crippen molar-refractivity contribution in [3.8, 4) is 34.2 Å². The number of hydrogen-bond donors (Lipinski definition) is 5. The van der Waals surface area contributed by atoms with Crippen LogP contribution >= 0.6 is 15.9 Å². The number of pyridine rings is 6. The van der Waals surface area contributed by atoms with Crippen molar-refractivity contribution in [1.29, 1.82) is 0 Å². The molecule has 0 radical (unpaired) electrons. The first-order valence-electron chi connectivity index (χ1n) is 37.9. The molecule has 1 aromatic carbocycles. The number of methoxy groups -OCH3 is 1. The van der Waals surface area contributed by atoms with E-state index < -0.39 is 35.1 Å². The molecule has 2 saturated heterocycles. The van der Waals surface area contributed by atoms with Crippen LogP contribution in [-0.4, -0.2) is 185 Å². The molecule has 0 atom stereocenters. The second-order valence-electron chi connectivity index (χ2n) is 27.2. The first-order chi connectivity index (χ1) is 55.9. The molecule has 0 spiro atoms. The third-order valence-corrected chi connectivity index (χ3v) is 19.7. The number of ketones is 1. The average Bonchev–Trinajstić information content (AvgIpc) is 1.63. The van der Waals surface area contributed by atoms with Crippen molar-refractivity contribution in [2.75, 3.05) is 33.4 Å². The minimum Gasteiger partial charge on any atom is -0.478 e. The molecule has 0 bridgehead atoms. The van der Waals surface area contributed by atoms with Crippen LogP contribution in [0.3, 0.4) is 0 Å². The number of fused-ring (bicyclic) bond motifs is 3. The molecule has 9 aromatic heterocycles. The number of nitrogens with two attached hydrogens (primary N) is 1. The maximum Gasteiger partial charge on any atom is 0.492 e. The standard InChI is InChI=1S/C15H19N3O3.C13H13N3O2.C12H14BN3O2.C12H12BrN3.C11H13NO3.C8H9NO2.C7H8O3S.C4H8N2O/c1-3-21-15(20)10-13(12-7-4-6-11(2)16-12)17-18-9-5-8-14(18)19;2*1-8-4-2-5-9(14-8)12-11(13(17)18)10-6-3-7-16(10)15-12;1-8-4-2-5-9(14-8)12-11(13)10-6-3-7-16(10)15-12;1-3-15-11(14)7-10(13)9-6-4-5-8(2)12-9;1-6-4-3-5-7(9-6)8(10)11-2;1-6-2-4-7(5-3-6)11(8,9)10;5-6-3-1-2-4(6)7/h4,6-7H,3,5,8-10H2,1-2H3;2,4-5H,3,6-7H2,1H3,(H,17,18);2,4-5,17-18H,3,6-7H2,1H3;2,4-5H,3,6-7H2,1H3;4-6H,3,7H2,1-2H3;3-5H,1-2H3;2-5H,1H3,(H,8,9,10);1-3,5H2. The van der Waals surface area contributed by atoms with Crippen LogP contribution in [0.2, 0.25) is 0 Å². The van der Waals surface area contributed by atoms with E-state index in [0.29, 0.717) is 82.6 Å². The van der Waals surface area contributed by atoms with E-state index in [-0.39, 0.29) is 47.9 Å². The lowest BCUT2D eigenvalue weighted by atomic mass is 9.77. The number of aromatic carboxylic acids is 1. The molecule has 15 rings (SSSR count). The first kappa shape index (κ1) is 90.8. The predicted molar refractivity (Wildman–Crippen MR) is 439 cm³/mol. The Morgan fingerprint density at radius 2 is 0.932 bits per heavy atom. The molecule has 0 unspecified atom stereocenters. The van der Waals surface area contributed by atoms with Gasteiger partial charge in [0.05, 0.1) is 76.0 Å². The summed E-state index contributed by atoms with van der Waals surface area (Å²) in [5.74, 6) is 2.71. The fourth-order valence-electron chi connectivity index (χ4n) is 12.4. The number of hydrazone groups is 1. The highest BCUT2D eigenvalue weighted by Gasteiger charge is 2.32. The quantitative estimate of drug-likeness (QED) is 0.00691. The maximum absolute atomic E-state index is 11.7. The van der Waals surface area contributed by atoms with E-state index in [1.807, 2.05) is 113 Å². The Morgan fingerprint density at radius 1 is 0.513 bits per heavy atom. The summed E-state index contributed by atoms with van der Waals surface area (Å²) >= 11 is 3.64. The molecule has 35 heteroatoms. The fraction of sp³-hybridized carbons (Fsp3) is 0.354. The average molecular weight is 1680 g/mol. The van der Waals surface area contributed by atoms with Crippen molar-refractivity contribution < 1.29 is 75.9 Å². The Hall–Kier alpha value is -11.8. The molecule has 6 N–H and O–H groups in total. The number of halogens is 1.